The Morgan fingerprint density at radius 3 is 2.83 bits per heavy atom. The Morgan fingerprint density at radius 1 is 1.67 bits per heavy atom. The molecule has 1 heterocycles. The highest BCUT2D eigenvalue weighted by atomic mass is 19.1. The normalized spacial score (nSPS) is 27.2. The molecule has 4 nitrogen and oxygen atoms in total. The van der Waals surface area contributed by atoms with Crippen molar-refractivity contribution in [1.82, 2.24) is 9.78 Å². The lowest BCUT2D eigenvalue weighted by atomic mass is 9.86. The Labute approximate surface area is 68.8 Å². The van der Waals surface area contributed by atoms with Gasteiger partial charge in [0.25, 0.3) is 0 Å². The summed E-state index contributed by atoms with van der Waals surface area (Å²) in [5, 5.41) is 21.5. The van der Waals surface area contributed by atoms with Crippen LogP contribution in [-0.2, 0) is 0 Å². The van der Waals surface area contributed by atoms with Crippen LogP contribution in [0.2, 0.25) is 0 Å². The van der Waals surface area contributed by atoms with Crippen molar-refractivity contribution < 1.29 is 14.4 Å². The van der Waals surface area contributed by atoms with Crippen molar-refractivity contribution in [2.75, 3.05) is 0 Å². The molecule has 0 unspecified atom stereocenters. The number of nitrogens with zero attached hydrogens (tertiary/aromatic N) is 2. The molecule has 0 aliphatic heterocycles. The van der Waals surface area contributed by atoms with Crippen LogP contribution in [0.25, 0.3) is 0 Å². The van der Waals surface area contributed by atoms with Gasteiger partial charge in [0.2, 0.25) is 0 Å². The fourth-order valence-electron chi connectivity index (χ4n) is 1.21. The number of halogens is 1. The fourth-order valence-corrected chi connectivity index (χ4v) is 1.21. The van der Waals surface area contributed by atoms with Crippen molar-refractivity contribution in [1.29, 1.82) is 0 Å². The van der Waals surface area contributed by atoms with E-state index in [0.29, 0.717) is 6.42 Å². The molecule has 1 saturated carbocycles. The third kappa shape index (κ3) is 1.13. The zero-order chi connectivity index (χ0) is 8.72. The number of aromatic nitrogens is 2. The van der Waals surface area contributed by atoms with Crippen LogP contribution < -0.4 is 5.59 Å². The molecule has 1 aliphatic rings. The molecular formula is C6H8BFN2O2. The summed E-state index contributed by atoms with van der Waals surface area (Å²) < 4.78 is 13.9. The van der Waals surface area contributed by atoms with Crippen LogP contribution in [0, 0.1) is 0 Å². The summed E-state index contributed by atoms with van der Waals surface area (Å²) in [7, 11) is -1.57. The van der Waals surface area contributed by atoms with Crippen LogP contribution >= 0.6 is 0 Å². The second-order valence-corrected chi connectivity index (χ2v) is 2.89. The molecule has 1 aliphatic carbocycles. The van der Waals surface area contributed by atoms with Gasteiger partial charge in [0.05, 0.1) is 11.6 Å². The number of hydrogen-bond donors (Lipinski definition) is 2. The second-order valence-electron chi connectivity index (χ2n) is 2.89. The van der Waals surface area contributed by atoms with E-state index in [1.165, 1.54) is 16.9 Å². The summed E-state index contributed by atoms with van der Waals surface area (Å²) in [6.45, 7) is 0. The van der Waals surface area contributed by atoms with Crippen molar-refractivity contribution in [2.24, 2.45) is 0 Å². The van der Waals surface area contributed by atoms with Gasteiger partial charge in [-0.2, -0.15) is 5.10 Å². The molecule has 0 saturated heterocycles. The number of alkyl halides is 1. The number of hydrogen-bond acceptors (Lipinski definition) is 3. The molecule has 1 aromatic rings. The summed E-state index contributed by atoms with van der Waals surface area (Å²) >= 11 is 0. The van der Waals surface area contributed by atoms with Crippen molar-refractivity contribution in [3.63, 3.8) is 0 Å². The predicted molar refractivity (Wildman–Crippen MR) is 40.6 cm³/mol. The van der Waals surface area contributed by atoms with Crippen molar-refractivity contribution in [3.8, 4) is 0 Å². The molecule has 0 bridgehead atoms. The van der Waals surface area contributed by atoms with Crippen LogP contribution in [0.1, 0.15) is 12.5 Å². The van der Waals surface area contributed by atoms with E-state index in [1.54, 1.807) is 0 Å². The van der Waals surface area contributed by atoms with Gasteiger partial charge in [-0.1, -0.05) is 0 Å². The van der Waals surface area contributed by atoms with Gasteiger partial charge in [-0.25, -0.2) is 4.39 Å². The molecule has 64 valence electrons. The SMILES string of the molecule is OB(O)c1ccnn1[C@H]1C[C@H]1F. The molecular weight excluding hydrogens is 162 g/mol. The molecule has 1 fully saturated rings. The predicted octanol–water partition coefficient (Wildman–Crippen LogP) is -1.15. The first-order chi connectivity index (χ1) is 5.70. The van der Waals surface area contributed by atoms with Gasteiger partial charge in [0.1, 0.15) is 6.17 Å². The molecule has 2 rings (SSSR count). The monoisotopic (exact) mass is 170 g/mol. The van der Waals surface area contributed by atoms with Gasteiger partial charge < -0.3 is 10.0 Å². The Morgan fingerprint density at radius 2 is 2.33 bits per heavy atom. The average molecular weight is 170 g/mol. The maximum Gasteiger partial charge on any atom is 0.507 e. The van der Waals surface area contributed by atoms with E-state index >= 15 is 0 Å². The van der Waals surface area contributed by atoms with Crippen LogP contribution in [0.15, 0.2) is 12.3 Å². The van der Waals surface area contributed by atoms with Gasteiger partial charge in [-0.15, -0.1) is 0 Å². The van der Waals surface area contributed by atoms with E-state index in [2.05, 4.69) is 5.10 Å². The maximum absolute atomic E-state index is 12.6. The minimum atomic E-state index is -1.57. The Balaban J connectivity index is 2.25. The van der Waals surface area contributed by atoms with Crippen LogP contribution in [-0.4, -0.2) is 33.1 Å². The lowest BCUT2D eigenvalue weighted by molar-refractivity contribution is 0.410. The first-order valence-corrected chi connectivity index (χ1v) is 3.74. The summed E-state index contributed by atoms with van der Waals surface area (Å²) in [6, 6.07) is 1.17. The third-order valence-corrected chi connectivity index (χ3v) is 1.96. The molecule has 0 spiro atoms. The zero-order valence-electron chi connectivity index (χ0n) is 6.26. The summed E-state index contributed by atoms with van der Waals surface area (Å²) in [5.41, 5.74) is 0.250. The Bertz CT molecular complexity index is 291. The molecule has 6 heteroatoms. The van der Waals surface area contributed by atoms with Gasteiger partial charge in [-0.3, -0.25) is 4.68 Å². The lowest BCUT2D eigenvalue weighted by Crippen LogP contribution is -2.36. The molecule has 12 heavy (non-hydrogen) atoms. The van der Waals surface area contributed by atoms with Crippen molar-refractivity contribution >= 4 is 12.7 Å². The average Bonchev–Trinajstić information content (AvgIpc) is 2.58. The lowest BCUT2D eigenvalue weighted by Gasteiger charge is -2.03. The molecule has 0 aromatic carbocycles. The van der Waals surface area contributed by atoms with E-state index in [0.717, 1.165) is 0 Å². The van der Waals surface area contributed by atoms with E-state index < -0.39 is 13.3 Å². The minimum absolute atomic E-state index is 0.250. The van der Waals surface area contributed by atoms with Crippen molar-refractivity contribution in [3.05, 3.63) is 12.3 Å². The third-order valence-electron chi connectivity index (χ3n) is 1.96. The zero-order valence-corrected chi connectivity index (χ0v) is 6.26. The Kier molecular flexibility index (Phi) is 1.66. The first kappa shape index (κ1) is 7.76. The van der Waals surface area contributed by atoms with Gasteiger partial charge in [0.15, 0.2) is 0 Å². The first-order valence-electron chi connectivity index (χ1n) is 3.74. The second kappa shape index (κ2) is 2.57. The van der Waals surface area contributed by atoms with Gasteiger partial charge in [0, 0.05) is 12.6 Å². The van der Waals surface area contributed by atoms with E-state index in [-0.39, 0.29) is 11.6 Å². The van der Waals surface area contributed by atoms with Crippen LogP contribution in [0.5, 0.6) is 0 Å². The van der Waals surface area contributed by atoms with Gasteiger partial charge in [-0.05, 0) is 6.07 Å². The highest BCUT2D eigenvalue weighted by Crippen LogP contribution is 2.37. The largest absolute Gasteiger partial charge is 0.507 e. The van der Waals surface area contributed by atoms with E-state index in [4.69, 9.17) is 10.0 Å². The van der Waals surface area contributed by atoms with E-state index in [1.807, 2.05) is 0 Å². The van der Waals surface area contributed by atoms with Crippen LogP contribution in [0.4, 0.5) is 4.39 Å². The fraction of sp³-hybridized carbons (Fsp3) is 0.500. The highest BCUT2D eigenvalue weighted by Gasteiger charge is 2.41. The standard InChI is InChI=1S/C6H8BFN2O2/c8-4-3-5(4)10-6(7(11)12)1-2-9-10/h1-2,4-5,11-12H,3H2/t4-,5+/m1/s1. The molecule has 1 aromatic heterocycles. The molecule has 2 N–H and O–H groups in total. The summed E-state index contributed by atoms with van der Waals surface area (Å²) in [4.78, 5) is 0. The quantitative estimate of drug-likeness (QED) is 0.550. The Hall–Kier alpha value is -0.875. The maximum atomic E-state index is 12.6. The molecule has 0 amide bonds. The molecule has 2 atom stereocenters. The number of rotatable bonds is 2. The van der Waals surface area contributed by atoms with Crippen molar-refractivity contribution in [2.45, 2.75) is 18.6 Å². The summed E-state index contributed by atoms with van der Waals surface area (Å²) in [6.07, 6.45) is 0.962. The van der Waals surface area contributed by atoms with Crippen LogP contribution in [0.3, 0.4) is 0 Å². The molecule has 0 radical (unpaired) electrons. The highest BCUT2D eigenvalue weighted by molar-refractivity contribution is 6.57. The van der Waals surface area contributed by atoms with Gasteiger partial charge >= 0.3 is 7.12 Å². The topological polar surface area (TPSA) is 58.3 Å². The summed E-state index contributed by atoms with van der Waals surface area (Å²) in [5.74, 6) is 0. The smallest absolute Gasteiger partial charge is 0.422 e. The van der Waals surface area contributed by atoms with E-state index in [9.17, 15) is 4.39 Å². The minimum Gasteiger partial charge on any atom is -0.422 e.